The SMILES string of the molecule is CCOC(=O)C[C@H](CCC(=O)[C@H](CC(C)C)n1nc(CCN2CC(F)C2)cc(C(F)(F)F)c1=O)c1cc(-c2c(C)cccc2C)cc(C(F)(F)F)c1F. The number of ketones is 1. The normalized spacial score (nSPS) is 15.4. The molecule has 2 heterocycles. The number of benzene rings is 2. The van der Waals surface area contributed by atoms with Gasteiger partial charge in [-0.15, -0.1) is 0 Å². The quantitative estimate of drug-likeness (QED) is 0.114. The number of nitrogens with zero attached hydrogens (tertiary/aromatic N) is 3. The maximum absolute atomic E-state index is 16.0. The van der Waals surface area contributed by atoms with Gasteiger partial charge in [0.05, 0.1) is 24.3 Å². The van der Waals surface area contributed by atoms with E-state index in [0.717, 1.165) is 0 Å². The molecule has 1 aliphatic rings. The number of carbonyl (C=O) groups is 2. The molecule has 1 aromatic heterocycles. The number of esters is 1. The number of halogens is 8. The van der Waals surface area contributed by atoms with Gasteiger partial charge in [-0.25, -0.2) is 13.5 Å². The summed E-state index contributed by atoms with van der Waals surface area (Å²) in [6.07, 6.45) is -13.0. The van der Waals surface area contributed by atoms with Crippen LogP contribution >= 0.6 is 0 Å². The van der Waals surface area contributed by atoms with Gasteiger partial charge in [0.2, 0.25) is 0 Å². The van der Waals surface area contributed by atoms with Crippen molar-refractivity contribution in [2.75, 3.05) is 26.2 Å². The summed E-state index contributed by atoms with van der Waals surface area (Å²) >= 11 is 0. The highest BCUT2D eigenvalue weighted by molar-refractivity contribution is 5.83. The van der Waals surface area contributed by atoms with Crippen LogP contribution in [0.4, 0.5) is 35.1 Å². The number of likely N-dealkylation sites (tertiary alicyclic amines) is 1. The summed E-state index contributed by atoms with van der Waals surface area (Å²) in [5.41, 5.74) is -3.62. The first kappa shape index (κ1) is 41.6. The van der Waals surface area contributed by atoms with Crippen molar-refractivity contribution in [2.45, 2.75) is 97.2 Å². The van der Waals surface area contributed by atoms with Gasteiger partial charge < -0.3 is 4.74 Å². The molecule has 1 fully saturated rings. The van der Waals surface area contributed by atoms with Crippen molar-refractivity contribution in [2.24, 2.45) is 5.92 Å². The Morgan fingerprint density at radius 3 is 2.15 bits per heavy atom. The molecule has 3 aromatic rings. The molecule has 1 saturated heterocycles. The lowest BCUT2D eigenvalue weighted by molar-refractivity contribution is -0.143. The predicted molar refractivity (Wildman–Crippen MR) is 182 cm³/mol. The third-order valence-corrected chi connectivity index (χ3v) is 9.32. The Bertz CT molecular complexity index is 1830. The summed E-state index contributed by atoms with van der Waals surface area (Å²) < 4.78 is 120. The van der Waals surface area contributed by atoms with Crippen LogP contribution < -0.4 is 5.56 Å². The molecular weight excluding hydrogens is 714 g/mol. The van der Waals surface area contributed by atoms with Gasteiger partial charge in [-0.1, -0.05) is 32.0 Å². The van der Waals surface area contributed by atoms with Gasteiger partial charge in [-0.2, -0.15) is 31.4 Å². The van der Waals surface area contributed by atoms with Crippen LogP contribution in [0.1, 0.15) is 91.9 Å². The first-order valence-electron chi connectivity index (χ1n) is 17.4. The molecular formula is C38H43F8N3O4. The number of hydrogen-bond acceptors (Lipinski definition) is 6. The number of Topliss-reactive ketones (excluding diaryl/α,β-unsaturated/α-hetero) is 1. The molecule has 0 N–H and O–H groups in total. The third-order valence-electron chi connectivity index (χ3n) is 9.32. The minimum Gasteiger partial charge on any atom is -0.466 e. The maximum atomic E-state index is 16.0. The fourth-order valence-electron chi connectivity index (χ4n) is 6.71. The molecule has 2 atom stereocenters. The molecule has 0 amide bonds. The smallest absolute Gasteiger partial charge is 0.421 e. The third kappa shape index (κ3) is 10.3. The van der Waals surface area contributed by atoms with Gasteiger partial charge in [0.1, 0.15) is 23.6 Å². The van der Waals surface area contributed by atoms with Crippen LogP contribution in [0.25, 0.3) is 11.1 Å². The first-order chi connectivity index (χ1) is 24.7. The van der Waals surface area contributed by atoms with E-state index in [1.54, 1.807) is 50.8 Å². The number of hydrogen-bond donors (Lipinski definition) is 0. The lowest BCUT2D eigenvalue weighted by Gasteiger charge is -2.34. The number of rotatable bonds is 15. The Balaban J connectivity index is 1.77. The number of alkyl halides is 7. The average molecular weight is 758 g/mol. The Morgan fingerprint density at radius 2 is 1.60 bits per heavy atom. The van der Waals surface area contributed by atoms with E-state index in [1.807, 2.05) is 0 Å². The van der Waals surface area contributed by atoms with Gasteiger partial charge in [0.15, 0.2) is 5.78 Å². The minimum absolute atomic E-state index is 0.0368. The topological polar surface area (TPSA) is 81.5 Å². The summed E-state index contributed by atoms with van der Waals surface area (Å²) in [4.78, 5) is 41.7. The van der Waals surface area contributed by atoms with Crippen LogP contribution in [0.15, 0.2) is 41.2 Å². The van der Waals surface area contributed by atoms with Crippen molar-refractivity contribution in [1.29, 1.82) is 0 Å². The Morgan fingerprint density at radius 1 is 0.981 bits per heavy atom. The van der Waals surface area contributed by atoms with E-state index in [1.165, 1.54) is 13.0 Å². The summed E-state index contributed by atoms with van der Waals surface area (Å²) in [5.74, 6) is -4.95. The highest BCUT2D eigenvalue weighted by Gasteiger charge is 2.39. The number of aromatic nitrogens is 2. The fourth-order valence-corrected chi connectivity index (χ4v) is 6.71. The van der Waals surface area contributed by atoms with Gasteiger partial charge >= 0.3 is 18.3 Å². The zero-order chi connectivity index (χ0) is 39.4. The molecule has 0 radical (unpaired) electrons. The van der Waals surface area contributed by atoms with Gasteiger partial charge in [-0.3, -0.25) is 19.3 Å². The molecule has 53 heavy (non-hydrogen) atoms. The van der Waals surface area contributed by atoms with Gasteiger partial charge in [0.25, 0.3) is 5.56 Å². The predicted octanol–water partition coefficient (Wildman–Crippen LogP) is 8.57. The van der Waals surface area contributed by atoms with E-state index >= 15 is 4.39 Å². The largest absolute Gasteiger partial charge is 0.466 e. The number of aryl methyl sites for hydroxylation is 2. The zero-order valence-corrected chi connectivity index (χ0v) is 30.1. The standard InChI is InChI=1S/C38H43F8N3O4/c1-6-53-33(51)17-24(28-15-25(16-29(35(28)40)37(41,42)43)34-22(4)8-7-9-23(34)5)10-11-32(50)31(14-21(2)3)49-36(52)30(38(44,45)46)18-27(47-49)12-13-48-19-26(39)20-48/h7-9,15-16,18,21,24,26,31H,6,10-14,17,19-20H2,1-5H3/t24-,31-/m0/s1. The van der Waals surface area contributed by atoms with E-state index in [2.05, 4.69) is 5.10 Å². The van der Waals surface area contributed by atoms with Crippen LogP contribution in [0.2, 0.25) is 0 Å². The molecule has 15 heteroatoms. The van der Waals surface area contributed by atoms with Crippen molar-refractivity contribution < 1.29 is 49.4 Å². The van der Waals surface area contributed by atoms with Crippen LogP contribution in [-0.2, 0) is 33.1 Å². The molecule has 4 rings (SSSR count). The second-order valence-electron chi connectivity index (χ2n) is 14.0. The first-order valence-corrected chi connectivity index (χ1v) is 17.4. The zero-order valence-electron chi connectivity index (χ0n) is 30.1. The Labute approximate surface area is 302 Å². The maximum Gasteiger partial charge on any atom is 0.421 e. The van der Waals surface area contributed by atoms with Crippen LogP contribution in [0.5, 0.6) is 0 Å². The Kier molecular flexibility index (Phi) is 13.3. The average Bonchev–Trinajstić information content (AvgIpc) is 3.03. The van der Waals surface area contributed by atoms with E-state index in [0.29, 0.717) is 33.5 Å². The van der Waals surface area contributed by atoms with Gasteiger partial charge in [-0.05, 0) is 91.5 Å². The number of carbonyl (C=O) groups excluding carboxylic acids is 2. The van der Waals surface area contributed by atoms with E-state index in [4.69, 9.17) is 4.74 Å². The molecule has 0 aliphatic carbocycles. The molecule has 290 valence electrons. The van der Waals surface area contributed by atoms with Crippen LogP contribution in [0.3, 0.4) is 0 Å². The lowest BCUT2D eigenvalue weighted by atomic mass is 9.84. The summed E-state index contributed by atoms with van der Waals surface area (Å²) in [5, 5.41) is 4.15. The molecule has 2 aromatic carbocycles. The molecule has 0 bridgehead atoms. The van der Waals surface area contributed by atoms with Crippen molar-refractivity contribution in [3.8, 4) is 11.1 Å². The van der Waals surface area contributed by atoms with E-state index < -0.39 is 89.6 Å². The molecule has 0 unspecified atom stereocenters. The summed E-state index contributed by atoms with van der Waals surface area (Å²) in [6, 6.07) is 6.08. The molecule has 0 spiro atoms. The second-order valence-corrected chi connectivity index (χ2v) is 14.0. The highest BCUT2D eigenvalue weighted by atomic mass is 19.4. The van der Waals surface area contributed by atoms with Crippen molar-refractivity contribution >= 4 is 11.8 Å². The van der Waals surface area contributed by atoms with Crippen LogP contribution in [-0.4, -0.2) is 58.8 Å². The summed E-state index contributed by atoms with van der Waals surface area (Å²) in [7, 11) is 0. The van der Waals surface area contributed by atoms with Crippen molar-refractivity contribution in [3.05, 3.63) is 86.1 Å². The highest BCUT2D eigenvalue weighted by Crippen LogP contribution is 2.41. The molecule has 7 nitrogen and oxygen atoms in total. The Hall–Kier alpha value is -4.14. The molecule has 1 aliphatic heterocycles. The second kappa shape index (κ2) is 16.9. The number of ether oxygens (including phenoxy) is 1. The van der Waals surface area contributed by atoms with Crippen LogP contribution in [0, 0.1) is 25.6 Å². The van der Waals surface area contributed by atoms with E-state index in [9.17, 15) is 45.1 Å². The van der Waals surface area contributed by atoms with Crippen molar-refractivity contribution in [1.82, 2.24) is 14.7 Å². The van der Waals surface area contributed by atoms with Crippen molar-refractivity contribution in [3.63, 3.8) is 0 Å². The lowest BCUT2D eigenvalue weighted by Crippen LogP contribution is -2.49. The van der Waals surface area contributed by atoms with Gasteiger partial charge in [0, 0.05) is 32.5 Å². The summed E-state index contributed by atoms with van der Waals surface area (Å²) in [6.45, 7) is 8.50. The van der Waals surface area contributed by atoms with E-state index in [-0.39, 0.29) is 56.3 Å². The minimum atomic E-state index is -5.13. The fraction of sp³-hybridized carbons (Fsp3) is 0.526. The molecule has 0 saturated carbocycles. The monoisotopic (exact) mass is 757 g/mol.